The van der Waals surface area contributed by atoms with Crippen LogP contribution in [0.1, 0.15) is 27.0 Å². The SMILES string of the molecule is COc1ccc(C)cc1N1C(=O)C(Cl)=C(Nc2ccc(C(=O)Nc3ccc(C)cc3C)cc2)C1=O. The number of aryl methyl sites for hydroxylation is 3. The first kappa shape index (κ1) is 24.0. The van der Waals surface area contributed by atoms with Crippen molar-refractivity contribution in [1.82, 2.24) is 0 Å². The van der Waals surface area contributed by atoms with Gasteiger partial charge in [0.1, 0.15) is 16.5 Å². The highest BCUT2D eigenvalue weighted by Crippen LogP contribution is 2.36. The predicted octanol–water partition coefficient (Wildman–Crippen LogP) is 5.31. The van der Waals surface area contributed by atoms with Crippen LogP contribution >= 0.6 is 11.6 Å². The van der Waals surface area contributed by atoms with Crippen LogP contribution in [0.4, 0.5) is 17.1 Å². The van der Waals surface area contributed by atoms with Gasteiger partial charge in [-0.2, -0.15) is 0 Å². The summed E-state index contributed by atoms with van der Waals surface area (Å²) in [4.78, 5) is 39.6. The van der Waals surface area contributed by atoms with E-state index in [1.807, 2.05) is 45.0 Å². The van der Waals surface area contributed by atoms with Crippen molar-refractivity contribution in [2.24, 2.45) is 0 Å². The van der Waals surface area contributed by atoms with Crippen LogP contribution in [-0.4, -0.2) is 24.8 Å². The van der Waals surface area contributed by atoms with Gasteiger partial charge in [-0.15, -0.1) is 0 Å². The van der Waals surface area contributed by atoms with E-state index in [-0.39, 0.29) is 16.6 Å². The van der Waals surface area contributed by atoms with Gasteiger partial charge in [-0.25, -0.2) is 4.90 Å². The van der Waals surface area contributed by atoms with Crippen LogP contribution in [0.5, 0.6) is 5.75 Å². The fourth-order valence-corrected chi connectivity index (χ4v) is 4.02. The number of ether oxygens (including phenoxy) is 1. The van der Waals surface area contributed by atoms with Gasteiger partial charge in [0.25, 0.3) is 17.7 Å². The summed E-state index contributed by atoms with van der Waals surface area (Å²) < 4.78 is 5.32. The number of nitrogens with zero attached hydrogens (tertiary/aromatic N) is 1. The van der Waals surface area contributed by atoms with Gasteiger partial charge < -0.3 is 15.4 Å². The van der Waals surface area contributed by atoms with Crippen molar-refractivity contribution in [1.29, 1.82) is 0 Å². The minimum Gasteiger partial charge on any atom is -0.495 e. The molecule has 8 heteroatoms. The maximum absolute atomic E-state index is 13.1. The number of nitrogens with one attached hydrogen (secondary N) is 2. The summed E-state index contributed by atoms with van der Waals surface area (Å²) in [7, 11) is 1.46. The monoisotopic (exact) mass is 489 g/mol. The van der Waals surface area contributed by atoms with Gasteiger partial charge in [0.05, 0.1) is 12.8 Å². The summed E-state index contributed by atoms with van der Waals surface area (Å²) in [6, 6.07) is 17.5. The normalized spacial score (nSPS) is 13.3. The van der Waals surface area contributed by atoms with Gasteiger partial charge in [0, 0.05) is 16.9 Å². The summed E-state index contributed by atoms with van der Waals surface area (Å²) >= 11 is 6.25. The first-order valence-electron chi connectivity index (χ1n) is 10.9. The number of hydrogen-bond donors (Lipinski definition) is 2. The van der Waals surface area contributed by atoms with Crippen molar-refractivity contribution < 1.29 is 19.1 Å². The molecule has 2 N–H and O–H groups in total. The van der Waals surface area contributed by atoms with Crippen molar-refractivity contribution in [2.45, 2.75) is 20.8 Å². The predicted molar refractivity (Wildman–Crippen MR) is 137 cm³/mol. The number of rotatable bonds is 6. The van der Waals surface area contributed by atoms with E-state index >= 15 is 0 Å². The lowest BCUT2D eigenvalue weighted by molar-refractivity contribution is -0.120. The van der Waals surface area contributed by atoms with Crippen LogP contribution in [0.2, 0.25) is 0 Å². The molecule has 3 amide bonds. The number of carbonyl (C=O) groups is 3. The van der Waals surface area contributed by atoms with E-state index in [9.17, 15) is 14.4 Å². The second kappa shape index (κ2) is 9.64. The van der Waals surface area contributed by atoms with Gasteiger partial charge in [0.15, 0.2) is 0 Å². The highest BCUT2D eigenvalue weighted by atomic mass is 35.5. The first-order valence-corrected chi connectivity index (χ1v) is 11.3. The van der Waals surface area contributed by atoms with Crippen LogP contribution in [-0.2, 0) is 9.59 Å². The largest absolute Gasteiger partial charge is 0.495 e. The number of anilines is 3. The maximum Gasteiger partial charge on any atom is 0.283 e. The lowest BCUT2D eigenvalue weighted by atomic mass is 10.1. The molecule has 0 unspecified atom stereocenters. The van der Waals surface area contributed by atoms with Gasteiger partial charge in [0.2, 0.25) is 0 Å². The fourth-order valence-electron chi connectivity index (χ4n) is 3.80. The Labute approximate surface area is 208 Å². The number of halogens is 1. The first-order chi connectivity index (χ1) is 16.7. The van der Waals surface area contributed by atoms with Crippen molar-refractivity contribution in [3.8, 4) is 5.75 Å². The average molecular weight is 490 g/mol. The Hall–Kier alpha value is -4.10. The summed E-state index contributed by atoms with van der Waals surface area (Å²) in [5.74, 6) is -1.12. The highest BCUT2D eigenvalue weighted by molar-refractivity contribution is 6.53. The molecule has 0 saturated heterocycles. The number of carbonyl (C=O) groups excluding carboxylic acids is 3. The molecule has 1 aliphatic rings. The average Bonchev–Trinajstić information content (AvgIpc) is 3.04. The minimum atomic E-state index is -0.646. The van der Waals surface area contributed by atoms with Crippen LogP contribution in [0.3, 0.4) is 0 Å². The van der Waals surface area contributed by atoms with Gasteiger partial charge in [-0.1, -0.05) is 35.4 Å². The fraction of sp³-hybridized carbons (Fsp3) is 0.148. The molecule has 0 radical (unpaired) electrons. The summed E-state index contributed by atoms with van der Waals surface area (Å²) in [6.07, 6.45) is 0. The highest BCUT2D eigenvalue weighted by Gasteiger charge is 2.40. The van der Waals surface area contributed by atoms with E-state index in [1.165, 1.54) is 7.11 Å². The van der Waals surface area contributed by atoms with Crippen molar-refractivity contribution in [3.63, 3.8) is 0 Å². The van der Waals surface area contributed by atoms with E-state index in [0.29, 0.717) is 22.7 Å². The number of imide groups is 1. The quantitative estimate of drug-likeness (QED) is 0.458. The third-order valence-corrected chi connectivity index (χ3v) is 6.00. The Morgan fingerprint density at radius 1 is 0.886 bits per heavy atom. The number of benzene rings is 3. The summed E-state index contributed by atoms with van der Waals surface area (Å²) in [5.41, 5.74) is 4.88. The zero-order valence-electron chi connectivity index (χ0n) is 19.7. The summed E-state index contributed by atoms with van der Waals surface area (Å²) in [6.45, 7) is 5.77. The van der Waals surface area contributed by atoms with Gasteiger partial charge in [-0.3, -0.25) is 14.4 Å². The topological polar surface area (TPSA) is 87.7 Å². The molecule has 0 fully saturated rings. The minimum absolute atomic E-state index is 0.0484. The van der Waals surface area contributed by atoms with E-state index < -0.39 is 11.8 Å². The van der Waals surface area contributed by atoms with E-state index in [4.69, 9.17) is 16.3 Å². The number of amides is 3. The molecular weight excluding hydrogens is 466 g/mol. The Balaban J connectivity index is 1.51. The van der Waals surface area contributed by atoms with Crippen molar-refractivity contribution >= 4 is 46.4 Å². The molecular formula is C27H24ClN3O4. The van der Waals surface area contributed by atoms with Gasteiger partial charge >= 0.3 is 0 Å². The van der Waals surface area contributed by atoms with Crippen LogP contribution in [0.15, 0.2) is 71.4 Å². The Morgan fingerprint density at radius 2 is 1.54 bits per heavy atom. The van der Waals surface area contributed by atoms with Crippen LogP contribution in [0.25, 0.3) is 0 Å². The third kappa shape index (κ3) is 4.76. The Bertz CT molecular complexity index is 1380. The molecule has 1 heterocycles. The standard InChI is InChI=1S/C27H24ClN3O4/c1-15-5-11-20(17(3)13-15)30-25(32)18-7-9-19(10-8-18)29-24-23(28)26(33)31(27(24)34)21-14-16(2)6-12-22(21)35-4/h5-14,29H,1-4H3,(H,30,32). The second-order valence-electron chi connectivity index (χ2n) is 8.28. The zero-order chi connectivity index (χ0) is 25.3. The van der Waals surface area contributed by atoms with E-state index in [2.05, 4.69) is 10.6 Å². The molecule has 0 atom stereocenters. The zero-order valence-corrected chi connectivity index (χ0v) is 20.5. The molecule has 0 spiro atoms. The molecule has 178 valence electrons. The van der Waals surface area contributed by atoms with Crippen LogP contribution < -0.4 is 20.3 Å². The third-order valence-electron chi connectivity index (χ3n) is 5.65. The van der Waals surface area contributed by atoms with E-state index in [0.717, 1.165) is 27.3 Å². The Morgan fingerprint density at radius 3 is 2.20 bits per heavy atom. The molecule has 4 rings (SSSR count). The van der Waals surface area contributed by atoms with Crippen molar-refractivity contribution in [2.75, 3.05) is 22.6 Å². The second-order valence-corrected chi connectivity index (χ2v) is 8.66. The number of methoxy groups -OCH3 is 1. The maximum atomic E-state index is 13.1. The molecule has 0 aliphatic carbocycles. The lowest BCUT2D eigenvalue weighted by Gasteiger charge is -2.18. The van der Waals surface area contributed by atoms with Crippen LogP contribution in [0, 0.1) is 20.8 Å². The summed E-state index contributed by atoms with van der Waals surface area (Å²) in [5, 5.41) is 5.59. The molecule has 0 bridgehead atoms. The van der Waals surface area contributed by atoms with E-state index in [1.54, 1.807) is 36.4 Å². The van der Waals surface area contributed by atoms with Crippen molar-refractivity contribution in [3.05, 3.63) is 93.6 Å². The molecule has 1 aliphatic heterocycles. The molecule has 0 aromatic heterocycles. The molecule has 35 heavy (non-hydrogen) atoms. The molecule has 3 aromatic rings. The smallest absolute Gasteiger partial charge is 0.283 e. The molecule has 7 nitrogen and oxygen atoms in total. The molecule has 3 aromatic carbocycles. The Kier molecular flexibility index (Phi) is 6.62. The number of hydrogen-bond acceptors (Lipinski definition) is 5. The van der Waals surface area contributed by atoms with Gasteiger partial charge in [-0.05, 0) is 74.4 Å². The molecule has 0 saturated carbocycles. The lowest BCUT2D eigenvalue weighted by Crippen LogP contribution is -2.32.